The number of carbonyl (C=O) groups excluding carboxylic acids is 1. The number of methoxy groups -OCH3 is 1. The predicted octanol–water partition coefficient (Wildman–Crippen LogP) is 3.14. The van der Waals surface area contributed by atoms with Crippen LogP contribution in [0, 0.1) is 0 Å². The van der Waals surface area contributed by atoms with Gasteiger partial charge in [-0.3, -0.25) is 14.2 Å². The van der Waals surface area contributed by atoms with Crippen LogP contribution in [0.4, 0.5) is 11.4 Å². The van der Waals surface area contributed by atoms with Crippen molar-refractivity contribution >= 4 is 38.9 Å². The van der Waals surface area contributed by atoms with Gasteiger partial charge in [0.25, 0.3) is 15.9 Å². The van der Waals surface area contributed by atoms with Crippen molar-refractivity contribution < 1.29 is 17.9 Å². The summed E-state index contributed by atoms with van der Waals surface area (Å²) in [5.74, 6) is -0.292. The van der Waals surface area contributed by atoms with E-state index in [0.717, 1.165) is 0 Å². The van der Waals surface area contributed by atoms with Crippen molar-refractivity contribution in [3.05, 3.63) is 65.4 Å². The maximum atomic E-state index is 12.9. The van der Waals surface area contributed by atoms with Gasteiger partial charge in [-0.1, -0.05) is 23.7 Å². The van der Waals surface area contributed by atoms with Crippen LogP contribution in [0.15, 0.2) is 59.8 Å². The molecular formula is C18H17ClN4O4S. The summed E-state index contributed by atoms with van der Waals surface area (Å²) < 4.78 is 34.8. The molecule has 0 spiro atoms. The summed E-state index contributed by atoms with van der Waals surface area (Å²) >= 11 is 6.04. The molecule has 0 bridgehead atoms. The number of anilines is 2. The number of aryl methyl sites for hydroxylation is 1. The minimum absolute atomic E-state index is 0.124. The fraction of sp³-hybridized carbons (Fsp3) is 0.111. The van der Waals surface area contributed by atoms with Gasteiger partial charge in [0.15, 0.2) is 0 Å². The summed E-state index contributed by atoms with van der Waals surface area (Å²) in [6.07, 6.45) is 2.96. The van der Waals surface area contributed by atoms with Crippen LogP contribution in [0.3, 0.4) is 0 Å². The van der Waals surface area contributed by atoms with Gasteiger partial charge in [0.1, 0.15) is 10.6 Å². The Bertz CT molecular complexity index is 1130. The van der Waals surface area contributed by atoms with Crippen LogP contribution in [0.2, 0.25) is 5.02 Å². The SMILES string of the molecule is COc1ccc(NC(=O)c2cnn(C)c2)cc1S(=O)(=O)Nc1ccccc1Cl. The lowest BCUT2D eigenvalue weighted by Gasteiger charge is -2.14. The molecule has 10 heteroatoms. The Kier molecular flexibility index (Phi) is 5.57. The monoisotopic (exact) mass is 420 g/mol. The van der Waals surface area contributed by atoms with Crippen LogP contribution in [0.5, 0.6) is 5.75 Å². The molecule has 8 nitrogen and oxygen atoms in total. The normalized spacial score (nSPS) is 11.1. The molecule has 2 N–H and O–H groups in total. The topological polar surface area (TPSA) is 102 Å². The van der Waals surface area contributed by atoms with E-state index in [9.17, 15) is 13.2 Å². The molecule has 2 aromatic carbocycles. The number of amides is 1. The van der Waals surface area contributed by atoms with Gasteiger partial charge in [0, 0.05) is 18.9 Å². The average Bonchev–Trinajstić information content (AvgIpc) is 3.10. The fourth-order valence-corrected chi connectivity index (χ4v) is 3.96. The van der Waals surface area contributed by atoms with Crippen molar-refractivity contribution in [3.63, 3.8) is 0 Å². The molecule has 1 amide bonds. The second-order valence-electron chi connectivity index (χ2n) is 5.81. The van der Waals surface area contributed by atoms with Crippen LogP contribution in [0.25, 0.3) is 0 Å². The molecule has 0 unspecified atom stereocenters. The van der Waals surface area contributed by atoms with Gasteiger partial charge < -0.3 is 10.1 Å². The summed E-state index contributed by atoms with van der Waals surface area (Å²) in [4.78, 5) is 12.2. The number of aromatic nitrogens is 2. The largest absolute Gasteiger partial charge is 0.495 e. The van der Waals surface area contributed by atoms with E-state index in [4.69, 9.17) is 16.3 Å². The van der Waals surface area contributed by atoms with Crippen molar-refractivity contribution in [1.82, 2.24) is 9.78 Å². The Morgan fingerprint density at radius 3 is 2.61 bits per heavy atom. The number of carbonyl (C=O) groups is 1. The van der Waals surface area contributed by atoms with E-state index in [1.807, 2.05) is 0 Å². The van der Waals surface area contributed by atoms with Gasteiger partial charge in [0.2, 0.25) is 0 Å². The van der Waals surface area contributed by atoms with E-state index in [2.05, 4.69) is 15.1 Å². The second-order valence-corrected chi connectivity index (χ2v) is 7.87. The molecule has 146 valence electrons. The number of ether oxygens (including phenoxy) is 1. The lowest BCUT2D eigenvalue weighted by Crippen LogP contribution is -2.16. The molecule has 0 saturated heterocycles. The number of halogens is 1. The average molecular weight is 421 g/mol. The molecule has 0 aliphatic carbocycles. The van der Waals surface area contributed by atoms with Crippen molar-refractivity contribution in [2.45, 2.75) is 4.90 Å². The van der Waals surface area contributed by atoms with E-state index < -0.39 is 15.9 Å². The molecule has 0 aliphatic rings. The molecule has 3 aromatic rings. The lowest BCUT2D eigenvalue weighted by atomic mass is 10.2. The van der Waals surface area contributed by atoms with Gasteiger partial charge in [-0.2, -0.15) is 5.10 Å². The molecule has 0 atom stereocenters. The zero-order valence-corrected chi connectivity index (χ0v) is 16.6. The number of hydrogen-bond donors (Lipinski definition) is 2. The van der Waals surface area contributed by atoms with Crippen molar-refractivity contribution in [1.29, 1.82) is 0 Å². The van der Waals surface area contributed by atoms with E-state index in [0.29, 0.717) is 5.56 Å². The van der Waals surface area contributed by atoms with Crippen LogP contribution in [0.1, 0.15) is 10.4 Å². The summed E-state index contributed by atoms with van der Waals surface area (Å²) in [6.45, 7) is 0. The number of para-hydroxylation sites is 1. The van der Waals surface area contributed by atoms with Gasteiger partial charge in [0.05, 0.1) is 29.6 Å². The van der Waals surface area contributed by atoms with E-state index >= 15 is 0 Å². The van der Waals surface area contributed by atoms with Crippen LogP contribution in [-0.2, 0) is 17.1 Å². The lowest BCUT2D eigenvalue weighted by molar-refractivity contribution is 0.102. The fourth-order valence-electron chi connectivity index (χ4n) is 2.45. The minimum Gasteiger partial charge on any atom is -0.495 e. The Morgan fingerprint density at radius 1 is 1.21 bits per heavy atom. The highest BCUT2D eigenvalue weighted by Crippen LogP contribution is 2.30. The molecule has 0 fully saturated rings. The highest BCUT2D eigenvalue weighted by atomic mass is 35.5. The Balaban J connectivity index is 1.92. The van der Waals surface area contributed by atoms with Gasteiger partial charge >= 0.3 is 0 Å². The van der Waals surface area contributed by atoms with Crippen molar-refractivity contribution in [2.24, 2.45) is 7.05 Å². The second kappa shape index (κ2) is 7.91. The number of nitrogens with one attached hydrogen (secondary N) is 2. The third kappa shape index (κ3) is 4.26. The number of hydrogen-bond acceptors (Lipinski definition) is 5. The third-order valence-corrected chi connectivity index (χ3v) is 5.51. The maximum Gasteiger partial charge on any atom is 0.265 e. The third-order valence-electron chi connectivity index (χ3n) is 3.80. The van der Waals surface area contributed by atoms with E-state index in [1.54, 1.807) is 43.6 Å². The van der Waals surface area contributed by atoms with Crippen LogP contribution >= 0.6 is 11.6 Å². The maximum absolute atomic E-state index is 12.9. The summed E-state index contributed by atoms with van der Waals surface area (Å²) in [5, 5.41) is 6.84. The van der Waals surface area contributed by atoms with Gasteiger partial charge in [-0.15, -0.1) is 0 Å². The molecule has 1 aromatic heterocycles. The Labute approximate surface area is 167 Å². The number of nitrogens with zero attached hydrogens (tertiary/aromatic N) is 2. The number of benzene rings is 2. The first-order valence-electron chi connectivity index (χ1n) is 8.05. The molecule has 3 rings (SSSR count). The van der Waals surface area contributed by atoms with E-state index in [1.165, 1.54) is 30.1 Å². The zero-order chi connectivity index (χ0) is 20.3. The Morgan fingerprint density at radius 2 is 1.96 bits per heavy atom. The van der Waals surface area contributed by atoms with Crippen molar-refractivity contribution in [2.75, 3.05) is 17.1 Å². The first-order chi connectivity index (χ1) is 13.3. The molecular weight excluding hydrogens is 404 g/mol. The highest BCUT2D eigenvalue weighted by Gasteiger charge is 2.22. The summed E-state index contributed by atoms with van der Waals surface area (Å²) in [7, 11) is -0.976. The smallest absolute Gasteiger partial charge is 0.265 e. The Hall–Kier alpha value is -3.04. The molecule has 0 saturated carbocycles. The highest BCUT2D eigenvalue weighted by molar-refractivity contribution is 7.92. The van der Waals surface area contributed by atoms with Gasteiger partial charge in [-0.05, 0) is 30.3 Å². The molecule has 1 heterocycles. The summed E-state index contributed by atoms with van der Waals surface area (Å²) in [5.41, 5.74) is 0.863. The first-order valence-corrected chi connectivity index (χ1v) is 9.91. The van der Waals surface area contributed by atoms with Crippen LogP contribution < -0.4 is 14.8 Å². The minimum atomic E-state index is -4.02. The number of rotatable bonds is 6. The molecule has 0 radical (unpaired) electrons. The summed E-state index contributed by atoms with van der Waals surface area (Å²) in [6, 6.07) is 10.8. The van der Waals surface area contributed by atoms with Crippen LogP contribution in [-0.4, -0.2) is 31.2 Å². The predicted molar refractivity (Wildman–Crippen MR) is 106 cm³/mol. The molecule has 28 heavy (non-hydrogen) atoms. The quantitative estimate of drug-likeness (QED) is 0.637. The molecule has 0 aliphatic heterocycles. The first kappa shape index (κ1) is 19.7. The van der Waals surface area contributed by atoms with E-state index in [-0.39, 0.29) is 27.0 Å². The standard InChI is InChI=1S/C18H17ClN4O4S/c1-23-11-12(10-20-23)18(24)21-13-7-8-16(27-2)17(9-13)28(25,26)22-15-6-4-3-5-14(15)19/h3-11,22H,1-2H3,(H,21,24). The zero-order valence-electron chi connectivity index (χ0n) is 15.0. The number of sulfonamides is 1. The van der Waals surface area contributed by atoms with Gasteiger partial charge in [-0.25, -0.2) is 8.42 Å². The van der Waals surface area contributed by atoms with Crippen molar-refractivity contribution in [3.8, 4) is 5.75 Å².